The van der Waals surface area contributed by atoms with Gasteiger partial charge in [0.2, 0.25) is 0 Å². The summed E-state index contributed by atoms with van der Waals surface area (Å²) in [5.41, 5.74) is 6.66. The molecular formula is C10H14ClNO2. The smallest absolute Gasteiger partial charge is 0.188 e. The molecule has 0 fully saturated rings. The van der Waals surface area contributed by atoms with Crippen LogP contribution in [0.2, 0.25) is 5.02 Å². The zero-order valence-electron chi connectivity index (χ0n) is 8.29. The van der Waals surface area contributed by atoms with Gasteiger partial charge < -0.3 is 15.2 Å². The van der Waals surface area contributed by atoms with Crippen LogP contribution in [0.5, 0.6) is 5.75 Å². The van der Waals surface area contributed by atoms with Crippen molar-refractivity contribution in [3.8, 4) is 5.75 Å². The maximum atomic E-state index is 5.85. The Morgan fingerprint density at radius 1 is 1.50 bits per heavy atom. The van der Waals surface area contributed by atoms with Crippen LogP contribution in [-0.4, -0.2) is 13.9 Å². The van der Waals surface area contributed by atoms with Crippen LogP contribution in [-0.2, 0) is 4.74 Å². The van der Waals surface area contributed by atoms with E-state index in [9.17, 15) is 0 Å². The minimum atomic E-state index is -0.111. The first-order valence-corrected chi connectivity index (χ1v) is 4.69. The van der Waals surface area contributed by atoms with Gasteiger partial charge in [0.05, 0.1) is 0 Å². The van der Waals surface area contributed by atoms with Gasteiger partial charge in [0.1, 0.15) is 5.75 Å². The third kappa shape index (κ3) is 2.87. The lowest BCUT2D eigenvalue weighted by molar-refractivity contribution is 0.0502. The normalized spacial score (nSPS) is 12.6. The number of rotatable bonds is 4. The molecule has 0 aliphatic rings. The van der Waals surface area contributed by atoms with Gasteiger partial charge in [-0.25, -0.2) is 0 Å². The number of hydrogen-bond donors (Lipinski definition) is 1. The van der Waals surface area contributed by atoms with Gasteiger partial charge in [-0.3, -0.25) is 0 Å². The van der Waals surface area contributed by atoms with Crippen molar-refractivity contribution in [1.82, 2.24) is 0 Å². The van der Waals surface area contributed by atoms with Crippen LogP contribution in [0.4, 0.5) is 0 Å². The van der Waals surface area contributed by atoms with E-state index in [-0.39, 0.29) is 12.8 Å². The average Bonchev–Trinajstić information content (AvgIpc) is 2.15. The molecular weight excluding hydrogens is 202 g/mol. The highest BCUT2D eigenvalue weighted by molar-refractivity contribution is 6.30. The Balaban J connectivity index is 2.90. The molecule has 0 aliphatic heterocycles. The lowest BCUT2D eigenvalue weighted by Gasteiger charge is -2.13. The van der Waals surface area contributed by atoms with E-state index in [2.05, 4.69) is 0 Å². The summed E-state index contributed by atoms with van der Waals surface area (Å²) in [6, 6.07) is 5.25. The van der Waals surface area contributed by atoms with Crippen LogP contribution < -0.4 is 10.5 Å². The molecule has 1 rings (SSSR count). The number of hydrogen-bond acceptors (Lipinski definition) is 3. The summed E-state index contributed by atoms with van der Waals surface area (Å²) >= 11 is 5.85. The number of methoxy groups -OCH3 is 1. The van der Waals surface area contributed by atoms with E-state index in [0.29, 0.717) is 10.8 Å². The lowest BCUT2D eigenvalue weighted by atomic mass is 10.1. The van der Waals surface area contributed by atoms with E-state index in [1.54, 1.807) is 25.3 Å². The first-order chi connectivity index (χ1) is 6.65. The molecule has 0 bridgehead atoms. The third-order valence-corrected chi connectivity index (χ3v) is 2.03. The Hall–Kier alpha value is -0.770. The van der Waals surface area contributed by atoms with Crippen LogP contribution in [0.15, 0.2) is 18.2 Å². The lowest BCUT2D eigenvalue weighted by Crippen LogP contribution is -2.09. The number of benzene rings is 1. The SMILES string of the molecule is COCOc1ccc(Cl)cc1[C@@H](C)N. The molecule has 1 atom stereocenters. The average molecular weight is 216 g/mol. The fourth-order valence-electron chi connectivity index (χ4n) is 1.13. The predicted octanol–water partition coefficient (Wildman–Crippen LogP) is 2.34. The fraction of sp³-hybridized carbons (Fsp3) is 0.400. The van der Waals surface area contributed by atoms with Crippen LogP contribution in [0.1, 0.15) is 18.5 Å². The van der Waals surface area contributed by atoms with Crippen LogP contribution in [0, 0.1) is 0 Å². The van der Waals surface area contributed by atoms with Crippen molar-refractivity contribution < 1.29 is 9.47 Å². The molecule has 0 saturated carbocycles. The molecule has 0 radical (unpaired) electrons. The Labute approximate surface area is 88.8 Å². The Kier molecular flexibility index (Phi) is 4.20. The summed E-state index contributed by atoms with van der Waals surface area (Å²) in [4.78, 5) is 0. The molecule has 0 amide bonds. The second-order valence-electron chi connectivity index (χ2n) is 3.02. The topological polar surface area (TPSA) is 44.5 Å². The highest BCUT2D eigenvalue weighted by atomic mass is 35.5. The second-order valence-corrected chi connectivity index (χ2v) is 3.46. The number of ether oxygens (including phenoxy) is 2. The van der Waals surface area contributed by atoms with E-state index in [1.807, 2.05) is 6.92 Å². The van der Waals surface area contributed by atoms with E-state index in [1.165, 1.54) is 0 Å². The molecule has 3 nitrogen and oxygen atoms in total. The molecule has 0 spiro atoms. The summed E-state index contributed by atoms with van der Waals surface area (Å²) in [7, 11) is 1.57. The second kappa shape index (κ2) is 5.20. The maximum absolute atomic E-state index is 5.85. The molecule has 0 aromatic heterocycles. The molecule has 78 valence electrons. The minimum Gasteiger partial charge on any atom is -0.467 e. The summed E-state index contributed by atoms with van der Waals surface area (Å²) in [6.07, 6.45) is 0. The Morgan fingerprint density at radius 2 is 2.21 bits per heavy atom. The zero-order valence-corrected chi connectivity index (χ0v) is 9.04. The summed E-state index contributed by atoms with van der Waals surface area (Å²) < 4.78 is 10.2. The number of halogens is 1. The van der Waals surface area contributed by atoms with Gasteiger partial charge >= 0.3 is 0 Å². The van der Waals surface area contributed by atoms with Gasteiger partial charge in [0.25, 0.3) is 0 Å². The quantitative estimate of drug-likeness (QED) is 0.785. The summed E-state index contributed by atoms with van der Waals surface area (Å²) in [6.45, 7) is 2.09. The molecule has 0 unspecified atom stereocenters. The summed E-state index contributed by atoms with van der Waals surface area (Å²) in [5.74, 6) is 0.714. The van der Waals surface area contributed by atoms with Crippen LogP contribution in [0.3, 0.4) is 0 Å². The van der Waals surface area contributed by atoms with Crippen LogP contribution in [0.25, 0.3) is 0 Å². The molecule has 0 heterocycles. The summed E-state index contributed by atoms with van der Waals surface area (Å²) in [5, 5.41) is 0.655. The van der Waals surface area contributed by atoms with Crippen molar-refractivity contribution in [2.75, 3.05) is 13.9 Å². The van der Waals surface area contributed by atoms with Crippen molar-refractivity contribution in [1.29, 1.82) is 0 Å². The largest absolute Gasteiger partial charge is 0.467 e. The molecule has 1 aromatic carbocycles. The first kappa shape index (κ1) is 11.3. The van der Waals surface area contributed by atoms with Crippen molar-refractivity contribution in [3.63, 3.8) is 0 Å². The van der Waals surface area contributed by atoms with E-state index in [0.717, 1.165) is 5.56 Å². The highest BCUT2D eigenvalue weighted by Crippen LogP contribution is 2.27. The molecule has 4 heteroatoms. The molecule has 2 N–H and O–H groups in total. The highest BCUT2D eigenvalue weighted by Gasteiger charge is 2.08. The van der Waals surface area contributed by atoms with Gasteiger partial charge in [-0.05, 0) is 25.1 Å². The van der Waals surface area contributed by atoms with Gasteiger partial charge in [-0.2, -0.15) is 0 Å². The maximum Gasteiger partial charge on any atom is 0.188 e. The molecule has 0 saturated heterocycles. The first-order valence-electron chi connectivity index (χ1n) is 4.32. The van der Waals surface area contributed by atoms with Gasteiger partial charge in [-0.1, -0.05) is 11.6 Å². The predicted molar refractivity (Wildman–Crippen MR) is 56.6 cm³/mol. The van der Waals surface area contributed by atoms with Gasteiger partial charge in [0, 0.05) is 23.7 Å². The van der Waals surface area contributed by atoms with Gasteiger partial charge in [-0.15, -0.1) is 0 Å². The molecule has 0 aliphatic carbocycles. The molecule has 14 heavy (non-hydrogen) atoms. The standard InChI is InChI=1S/C10H14ClNO2/c1-7(12)9-5-8(11)3-4-10(9)14-6-13-2/h3-5,7H,6,12H2,1-2H3/t7-/m1/s1. The zero-order chi connectivity index (χ0) is 10.6. The van der Waals surface area contributed by atoms with E-state index < -0.39 is 0 Å². The fourth-order valence-corrected chi connectivity index (χ4v) is 1.31. The monoisotopic (exact) mass is 215 g/mol. The van der Waals surface area contributed by atoms with E-state index >= 15 is 0 Å². The van der Waals surface area contributed by atoms with Crippen molar-refractivity contribution in [2.24, 2.45) is 5.73 Å². The minimum absolute atomic E-state index is 0.111. The Morgan fingerprint density at radius 3 is 2.79 bits per heavy atom. The Bertz CT molecular complexity index is 302. The van der Waals surface area contributed by atoms with Crippen molar-refractivity contribution in [2.45, 2.75) is 13.0 Å². The van der Waals surface area contributed by atoms with Crippen LogP contribution >= 0.6 is 11.6 Å². The number of nitrogens with two attached hydrogens (primary N) is 1. The molecule has 1 aromatic rings. The van der Waals surface area contributed by atoms with E-state index in [4.69, 9.17) is 26.8 Å². The van der Waals surface area contributed by atoms with Crippen molar-refractivity contribution >= 4 is 11.6 Å². The van der Waals surface area contributed by atoms with Crippen molar-refractivity contribution in [3.05, 3.63) is 28.8 Å². The third-order valence-electron chi connectivity index (χ3n) is 1.79. The van der Waals surface area contributed by atoms with Gasteiger partial charge in [0.15, 0.2) is 6.79 Å².